The summed E-state index contributed by atoms with van der Waals surface area (Å²) in [6.07, 6.45) is 0. The lowest BCUT2D eigenvalue weighted by Gasteiger charge is -2.12. The molecule has 2 heterocycles. The molecular weight excluding hydrogens is 569 g/mol. The predicted octanol–water partition coefficient (Wildman–Crippen LogP) is 13.1. The summed E-state index contributed by atoms with van der Waals surface area (Å²) in [6.45, 7) is 0. The lowest BCUT2D eigenvalue weighted by Crippen LogP contribution is -1.86. The minimum absolute atomic E-state index is 1.23. The monoisotopic (exact) mass is 594 g/mol. The third-order valence-corrected chi connectivity index (χ3v) is 11.1. The fraction of sp³-hybridized carbons (Fsp3) is 0. The second-order valence-corrected chi connectivity index (χ2v) is 13.4. The summed E-state index contributed by atoms with van der Waals surface area (Å²) in [5.74, 6) is 0. The van der Waals surface area contributed by atoms with Crippen LogP contribution in [0.15, 0.2) is 158 Å². The summed E-state index contributed by atoms with van der Waals surface area (Å²) in [6, 6.07) is 57.8. The van der Waals surface area contributed by atoms with Crippen LogP contribution >= 0.6 is 22.7 Å². The second-order valence-electron chi connectivity index (χ2n) is 11.3. The van der Waals surface area contributed by atoms with Gasteiger partial charge in [0, 0.05) is 45.9 Å². The topological polar surface area (TPSA) is 0 Å². The van der Waals surface area contributed by atoms with Gasteiger partial charge in [-0.1, -0.05) is 127 Å². The molecule has 0 amide bonds. The highest BCUT2D eigenvalue weighted by Gasteiger charge is 2.16. The van der Waals surface area contributed by atoms with E-state index in [1.807, 2.05) is 22.7 Å². The average molecular weight is 595 g/mol. The molecule has 9 aromatic rings. The quantitative estimate of drug-likeness (QED) is 0.190. The van der Waals surface area contributed by atoms with Gasteiger partial charge < -0.3 is 0 Å². The Bertz CT molecular complexity index is 2480. The van der Waals surface area contributed by atoms with Crippen LogP contribution in [0.1, 0.15) is 0 Å². The molecule has 7 aromatic carbocycles. The third-order valence-electron chi connectivity index (χ3n) is 8.69. The van der Waals surface area contributed by atoms with Gasteiger partial charge in [-0.25, -0.2) is 0 Å². The molecule has 0 aliphatic heterocycles. The van der Waals surface area contributed by atoms with Crippen molar-refractivity contribution in [2.45, 2.75) is 0 Å². The predicted molar refractivity (Wildman–Crippen MR) is 194 cm³/mol. The lowest BCUT2D eigenvalue weighted by atomic mass is 9.93. The Morgan fingerprint density at radius 2 is 0.795 bits per heavy atom. The van der Waals surface area contributed by atoms with Crippen molar-refractivity contribution in [2.24, 2.45) is 0 Å². The Hall–Kier alpha value is -5.02. The highest BCUT2D eigenvalue weighted by molar-refractivity contribution is 7.26. The molecule has 0 unspecified atom stereocenters. The lowest BCUT2D eigenvalue weighted by molar-refractivity contribution is 1.58. The zero-order chi connectivity index (χ0) is 29.0. The van der Waals surface area contributed by atoms with Gasteiger partial charge in [0.25, 0.3) is 0 Å². The van der Waals surface area contributed by atoms with E-state index in [2.05, 4.69) is 158 Å². The molecule has 0 radical (unpaired) electrons. The maximum Gasteiger partial charge on any atom is 0.0434 e. The fourth-order valence-corrected chi connectivity index (χ4v) is 8.98. The van der Waals surface area contributed by atoms with Crippen molar-refractivity contribution in [3.63, 3.8) is 0 Å². The minimum Gasteiger partial charge on any atom is -0.135 e. The van der Waals surface area contributed by atoms with Crippen LogP contribution in [0, 0.1) is 0 Å². The van der Waals surface area contributed by atoms with Crippen LogP contribution in [-0.2, 0) is 0 Å². The normalized spacial score (nSPS) is 11.6. The maximum atomic E-state index is 2.43. The van der Waals surface area contributed by atoms with E-state index in [1.54, 1.807) is 0 Å². The van der Waals surface area contributed by atoms with Crippen molar-refractivity contribution < 1.29 is 0 Å². The standard InChI is InChI=1S/C42H26S2/c1-2-10-27(11-3-1)28-20-22-29(23-21-28)30-12-8-13-31(24-30)37-25-32(26-38-35-15-5-7-19-40(35)44-42(37)38)33-16-9-17-36-34-14-4-6-18-39(34)43-41(33)36/h1-26H. The third kappa shape index (κ3) is 4.18. The Morgan fingerprint density at radius 3 is 1.55 bits per heavy atom. The van der Waals surface area contributed by atoms with E-state index in [-0.39, 0.29) is 0 Å². The van der Waals surface area contributed by atoms with Crippen molar-refractivity contribution in [3.8, 4) is 44.5 Å². The average Bonchev–Trinajstić information content (AvgIpc) is 3.67. The summed E-state index contributed by atoms with van der Waals surface area (Å²) in [7, 11) is 0. The number of hydrogen-bond acceptors (Lipinski definition) is 2. The van der Waals surface area contributed by atoms with Crippen LogP contribution in [0.4, 0.5) is 0 Å². The van der Waals surface area contributed by atoms with Crippen LogP contribution in [0.5, 0.6) is 0 Å². The smallest absolute Gasteiger partial charge is 0.0434 e. The molecule has 2 aromatic heterocycles. The molecule has 0 saturated carbocycles. The van der Waals surface area contributed by atoms with Gasteiger partial charge in [0.15, 0.2) is 0 Å². The van der Waals surface area contributed by atoms with E-state index in [1.165, 1.54) is 84.9 Å². The maximum absolute atomic E-state index is 2.43. The molecule has 0 N–H and O–H groups in total. The van der Waals surface area contributed by atoms with Gasteiger partial charge in [0.05, 0.1) is 0 Å². The van der Waals surface area contributed by atoms with Crippen molar-refractivity contribution in [1.29, 1.82) is 0 Å². The molecular formula is C42H26S2. The van der Waals surface area contributed by atoms with E-state index in [9.17, 15) is 0 Å². The summed E-state index contributed by atoms with van der Waals surface area (Å²) < 4.78 is 5.36. The van der Waals surface area contributed by atoms with E-state index < -0.39 is 0 Å². The first-order chi connectivity index (χ1) is 21.8. The first-order valence-electron chi connectivity index (χ1n) is 14.9. The molecule has 206 valence electrons. The van der Waals surface area contributed by atoms with Gasteiger partial charge in [0.2, 0.25) is 0 Å². The molecule has 2 heteroatoms. The van der Waals surface area contributed by atoms with Gasteiger partial charge >= 0.3 is 0 Å². The van der Waals surface area contributed by atoms with E-state index in [4.69, 9.17) is 0 Å². The van der Waals surface area contributed by atoms with Crippen LogP contribution in [0.3, 0.4) is 0 Å². The number of hydrogen-bond donors (Lipinski definition) is 0. The summed E-state index contributed by atoms with van der Waals surface area (Å²) in [5, 5.41) is 5.32. The Balaban J connectivity index is 1.23. The van der Waals surface area contributed by atoms with Crippen molar-refractivity contribution in [1.82, 2.24) is 0 Å². The van der Waals surface area contributed by atoms with Gasteiger partial charge in [-0.05, 0) is 69.3 Å². The molecule has 0 fully saturated rings. The molecule has 0 spiro atoms. The molecule has 44 heavy (non-hydrogen) atoms. The van der Waals surface area contributed by atoms with Gasteiger partial charge in [0.1, 0.15) is 0 Å². The molecule has 0 atom stereocenters. The van der Waals surface area contributed by atoms with Crippen LogP contribution in [0.2, 0.25) is 0 Å². The number of thiophene rings is 2. The number of fused-ring (bicyclic) bond motifs is 6. The second kappa shape index (κ2) is 10.3. The van der Waals surface area contributed by atoms with E-state index >= 15 is 0 Å². The van der Waals surface area contributed by atoms with Crippen LogP contribution in [0.25, 0.3) is 84.9 Å². The van der Waals surface area contributed by atoms with Crippen LogP contribution in [-0.4, -0.2) is 0 Å². The van der Waals surface area contributed by atoms with E-state index in [0.717, 1.165) is 0 Å². The minimum atomic E-state index is 1.23. The first-order valence-corrected chi connectivity index (χ1v) is 16.6. The molecule has 9 rings (SSSR count). The molecule has 0 aliphatic carbocycles. The Morgan fingerprint density at radius 1 is 0.273 bits per heavy atom. The molecule has 0 bridgehead atoms. The molecule has 0 aliphatic rings. The summed E-state index contributed by atoms with van der Waals surface area (Å²) >= 11 is 3.80. The number of benzene rings is 7. The van der Waals surface area contributed by atoms with Gasteiger partial charge in [-0.2, -0.15) is 0 Å². The van der Waals surface area contributed by atoms with Crippen molar-refractivity contribution in [3.05, 3.63) is 158 Å². The SMILES string of the molecule is c1ccc(-c2ccc(-c3cccc(-c4cc(-c5cccc6c5sc5ccccc56)cc5c4sc4ccccc45)c3)cc2)cc1. The number of rotatable bonds is 4. The molecule has 0 saturated heterocycles. The summed E-state index contributed by atoms with van der Waals surface area (Å²) in [5.41, 5.74) is 10.0. The van der Waals surface area contributed by atoms with E-state index in [0.29, 0.717) is 0 Å². The largest absolute Gasteiger partial charge is 0.135 e. The van der Waals surface area contributed by atoms with Crippen molar-refractivity contribution >= 4 is 63.0 Å². The highest BCUT2D eigenvalue weighted by atomic mass is 32.1. The Kier molecular flexibility index (Phi) is 5.97. The Labute approximate surface area is 264 Å². The highest BCUT2D eigenvalue weighted by Crippen LogP contribution is 2.46. The summed E-state index contributed by atoms with van der Waals surface area (Å²) in [4.78, 5) is 0. The zero-order valence-electron chi connectivity index (χ0n) is 23.8. The zero-order valence-corrected chi connectivity index (χ0v) is 25.5. The van der Waals surface area contributed by atoms with Gasteiger partial charge in [-0.15, -0.1) is 22.7 Å². The fourth-order valence-electron chi connectivity index (χ4n) is 6.52. The first kappa shape index (κ1) is 25.5. The van der Waals surface area contributed by atoms with Gasteiger partial charge in [-0.3, -0.25) is 0 Å². The molecule has 0 nitrogen and oxygen atoms in total. The van der Waals surface area contributed by atoms with Crippen molar-refractivity contribution in [2.75, 3.05) is 0 Å². The van der Waals surface area contributed by atoms with Crippen LogP contribution < -0.4 is 0 Å².